The van der Waals surface area contributed by atoms with Crippen LogP contribution in [0.2, 0.25) is 0 Å². The molecule has 0 aromatic heterocycles. The molecule has 4 nitrogen and oxygen atoms in total. The lowest BCUT2D eigenvalue weighted by molar-refractivity contribution is -0.387. The van der Waals surface area contributed by atoms with Crippen molar-refractivity contribution in [3.63, 3.8) is 0 Å². The van der Waals surface area contributed by atoms with E-state index in [1.807, 2.05) is 0 Å². The van der Waals surface area contributed by atoms with Crippen molar-refractivity contribution in [3.05, 3.63) is 39.4 Å². The number of nitrogens with one attached hydrogen (secondary N) is 1. The van der Waals surface area contributed by atoms with E-state index < -0.39 is 27.8 Å². The number of rotatable bonds is 2. The Morgan fingerprint density at radius 3 is 2.50 bits per heavy atom. The molecule has 14 heavy (non-hydrogen) atoms. The molecule has 0 saturated heterocycles. The van der Waals surface area contributed by atoms with E-state index in [9.17, 15) is 18.9 Å². The van der Waals surface area contributed by atoms with Crippen LogP contribution in [0.15, 0.2) is 12.1 Å². The summed E-state index contributed by atoms with van der Waals surface area (Å²) in [5, 5.41) is 17.3. The molecule has 1 rings (SSSR count). The number of hydrogen-bond donors (Lipinski definition) is 1. The van der Waals surface area contributed by atoms with Gasteiger partial charge in [-0.3, -0.25) is 10.1 Å². The minimum atomic E-state index is -1.30. The van der Waals surface area contributed by atoms with Gasteiger partial charge in [-0.2, -0.15) is 4.39 Å². The molecule has 0 saturated carbocycles. The van der Waals surface area contributed by atoms with E-state index in [0.29, 0.717) is 0 Å². The fraction of sp³-hybridized carbons (Fsp3) is 0.125. The minimum Gasteiger partial charge on any atom is -0.305 e. The number of nitro groups is 1. The molecule has 1 N–H and O–H groups in total. The molecule has 1 aromatic carbocycles. The third kappa shape index (κ3) is 1.59. The van der Waals surface area contributed by atoms with Crippen LogP contribution in [0.1, 0.15) is 12.5 Å². The molecule has 0 unspecified atom stereocenters. The van der Waals surface area contributed by atoms with Gasteiger partial charge in [-0.25, -0.2) is 4.39 Å². The Morgan fingerprint density at radius 1 is 1.50 bits per heavy atom. The molecule has 74 valence electrons. The van der Waals surface area contributed by atoms with Crippen molar-refractivity contribution in [2.24, 2.45) is 0 Å². The summed E-state index contributed by atoms with van der Waals surface area (Å²) in [5.74, 6) is -2.27. The van der Waals surface area contributed by atoms with Crippen LogP contribution >= 0.6 is 0 Å². The SMILES string of the molecule is CC(=N)c1c(F)ccc([N+](=O)[O-])c1F. The Bertz CT molecular complexity index is 418. The molecular weight excluding hydrogens is 194 g/mol. The third-order valence-corrected chi connectivity index (χ3v) is 1.64. The molecule has 0 aliphatic heterocycles. The molecule has 0 spiro atoms. The maximum Gasteiger partial charge on any atom is 0.305 e. The number of nitrogens with zero attached hydrogens (tertiary/aromatic N) is 1. The third-order valence-electron chi connectivity index (χ3n) is 1.64. The van der Waals surface area contributed by atoms with Gasteiger partial charge in [0, 0.05) is 11.8 Å². The largest absolute Gasteiger partial charge is 0.305 e. The zero-order valence-electron chi connectivity index (χ0n) is 7.17. The number of halogens is 2. The average Bonchev–Trinajstić information content (AvgIpc) is 2.02. The van der Waals surface area contributed by atoms with Crippen LogP contribution in [0.25, 0.3) is 0 Å². The lowest BCUT2D eigenvalue weighted by atomic mass is 10.1. The predicted octanol–water partition coefficient (Wildman–Crippen LogP) is 2.26. The normalized spacial score (nSPS) is 9.93. The summed E-state index contributed by atoms with van der Waals surface area (Å²) >= 11 is 0. The highest BCUT2D eigenvalue weighted by Crippen LogP contribution is 2.23. The van der Waals surface area contributed by atoms with Crippen LogP contribution in [0.4, 0.5) is 14.5 Å². The maximum atomic E-state index is 13.2. The van der Waals surface area contributed by atoms with Crippen LogP contribution in [0.5, 0.6) is 0 Å². The molecule has 0 heterocycles. The van der Waals surface area contributed by atoms with E-state index in [1.54, 1.807) is 0 Å². The summed E-state index contributed by atoms with van der Waals surface area (Å²) in [7, 11) is 0. The molecule has 0 radical (unpaired) electrons. The lowest BCUT2D eigenvalue weighted by Gasteiger charge is -2.02. The van der Waals surface area contributed by atoms with Crippen LogP contribution < -0.4 is 0 Å². The highest BCUT2D eigenvalue weighted by molar-refractivity contribution is 5.97. The molecule has 0 atom stereocenters. The standard InChI is InChI=1S/C8H6F2N2O2/c1-4(11)7-5(9)2-3-6(8(7)10)12(13)14/h2-3,11H,1H3. The van der Waals surface area contributed by atoms with E-state index >= 15 is 0 Å². The van der Waals surface area contributed by atoms with Gasteiger partial charge in [0.25, 0.3) is 0 Å². The first kappa shape index (κ1) is 10.2. The number of benzene rings is 1. The Kier molecular flexibility index (Phi) is 2.55. The Balaban J connectivity index is 3.49. The van der Waals surface area contributed by atoms with Crippen molar-refractivity contribution < 1.29 is 13.7 Å². The van der Waals surface area contributed by atoms with Crippen LogP contribution in [-0.2, 0) is 0 Å². The van der Waals surface area contributed by atoms with Crippen molar-refractivity contribution in [1.82, 2.24) is 0 Å². The second kappa shape index (κ2) is 3.49. The first-order chi connectivity index (χ1) is 6.45. The quantitative estimate of drug-likeness (QED) is 0.452. The smallest absolute Gasteiger partial charge is 0.305 e. The average molecular weight is 200 g/mol. The first-order valence-corrected chi connectivity index (χ1v) is 3.63. The Hall–Kier alpha value is -1.85. The number of hydrogen-bond acceptors (Lipinski definition) is 3. The highest BCUT2D eigenvalue weighted by Gasteiger charge is 2.22. The van der Waals surface area contributed by atoms with Gasteiger partial charge in [-0.15, -0.1) is 0 Å². The van der Waals surface area contributed by atoms with Gasteiger partial charge in [0.05, 0.1) is 10.5 Å². The molecule has 0 aliphatic carbocycles. The van der Waals surface area contributed by atoms with Gasteiger partial charge in [0.15, 0.2) is 0 Å². The Morgan fingerprint density at radius 2 is 2.07 bits per heavy atom. The Labute approximate surface area is 77.8 Å². The van der Waals surface area contributed by atoms with Crippen molar-refractivity contribution in [2.75, 3.05) is 0 Å². The van der Waals surface area contributed by atoms with Gasteiger partial charge in [0.1, 0.15) is 5.82 Å². The summed E-state index contributed by atoms with van der Waals surface area (Å²) in [4.78, 5) is 9.32. The van der Waals surface area contributed by atoms with Gasteiger partial charge < -0.3 is 5.41 Å². The molecule has 0 amide bonds. The van der Waals surface area contributed by atoms with Gasteiger partial charge in [-0.05, 0) is 13.0 Å². The van der Waals surface area contributed by atoms with E-state index in [1.165, 1.54) is 0 Å². The minimum absolute atomic E-state index is 0.385. The zero-order valence-corrected chi connectivity index (χ0v) is 7.17. The summed E-state index contributed by atoms with van der Waals surface area (Å²) < 4.78 is 26.2. The molecule has 6 heteroatoms. The topological polar surface area (TPSA) is 67.0 Å². The van der Waals surface area contributed by atoms with E-state index in [2.05, 4.69) is 0 Å². The summed E-state index contributed by atoms with van der Waals surface area (Å²) in [5.41, 5.74) is -1.86. The molecule has 0 aliphatic rings. The van der Waals surface area contributed by atoms with Gasteiger partial charge in [0.2, 0.25) is 5.82 Å². The maximum absolute atomic E-state index is 13.2. The van der Waals surface area contributed by atoms with Gasteiger partial charge in [-0.1, -0.05) is 0 Å². The molecular formula is C8H6F2N2O2. The second-order valence-electron chi connectivity index (χ2n) is 2.64. The summed E-state index contributed by atoms with van der Waals surface area (Å²) in [6.07, 6.45) is 0. The summed E-state index contributed by atoms with van der Waals surface area (Å²) in [6.45, 7) is 1.16. The predicted molar refractivity (Wildman–Crippen MR) is 45.5 cm³/mol. The fourth-order valence-corrected chi connectivity index (χ4v) is 1.03. The van der Waals surface area contributed by atoms with E-state index in [0.717, 1.165) is 19.1 Å². The number of nitro benzene ring substituents is 1. The van der Waals surface area contributed by atoms with Gasteiger partial charge >= 0.3 is 5.69 Å². The van der Waals surface area contributed by atoms with Crippen LogP contribution in [0, 0.1) is 27.2 Å². The summed E-state index contributed by atoms with van der Waals surface area (Å²) in [6, 6.07) is 1.51. The molecule has 0 bridgehead atoms. The van der Waals surface area contributed by atoms with Crippen molar-refractivity contribution in [1.29, 1.82) is 5.41 Å². The van der Waals surface area contributed by atoms with Crippen molar-refractivity contribution in [2.45, 2.75) is 6.92 Å². The highest BCUT2D eigenvalue weighted by atomic mass is 19.1. The lowest BCUT2D eigenvalue weighted by Crippen LogP contribution is -2.04. The second-order valence-corrected chi connectivity index (χ2v) is 2.64. The van der Waals surface area contributed by atoms with Crippen LogP contribution in [-0.4, -0.2) is 10.6 Å². The molecule has 1 aromatic rings. The zero-order chi connectivity index (χ0) is 10.9. The van der Waals surface area contributed by atoms with Crippen LogP contribution in [0.3, 0.4) is 0 Å². The van der Waals surface area contributed by atoms with E-state index in [-0.39, 0.29) is 5.71 Å². The van der Waals surface area contributed by atoms with E-state index in [4.69, 9.17) is 5.41 Å². The van der Waals surface area contributed by atoms with Crippen molar-refractivity contribution >= 4 is 11.4 Å². The first-order valence-electron chi connectivity index (χ1n) is 3.63. The molecule has 0 fully saturated rings. The fourth-order valence-electron chi connectivity index (χ4n) is 1.03. The van der Waals surface area contributed by atoms with Crippen molar-refractivity contribution in [3.8, 4) is 0 Å². The monoisotopic (exact) mass is 200 g/mol.